The van der Waals surface area contributed by atoms with E-state index in [1.54, 1.807) is 30.3 Å². The molecule has 0 spiro atoms. The Bertz CT molecular complexity index is 993. The lowest BCUT2D eigenvalue weighted by Gasteiger charge is -2.21. The van der Waals surface area contributed by atoms with Crippen molar-refractivity contribution in [1.29, 1.82) is 0 Å². The van der Waals surface area contributed by atoms with Crippen molar-refractivity contribution in [3.8, 4) is 0 Å². The van der Waals surface area contributed by atoms with Crippen LogP contribution in [0, 0.1) is 0 Å². The van der Waals surface area contributed by atoms with Gasteiger partial charge in [0.1, 0.15) is 0 Å². The van der Waals surface area contributed by atoms with E-state index in [2.05, 4.69) is 24.5 Å². The zero-order valence-electron chi connectivity index (χ0n) is 21.0. The fraction of sp³-hybridized carbons (Fsp3) is 0.464. The highest BCUT2D eigenvalue weighted by Gasteiger charge is 2.18. The molecule has 7 heteroatoms. The van der Waals surface area contributed by atoms with Crippen molar-refractivity contribution in [2.75, 3.05) is 43.4 Å². The predicted octanol–water partition coefficient (Wildman–Crippen LogP) is 5.02. The number of anilines is 2. The SMILES string of the molecule is CCCN(CCC)C(=O)c1cccc(NC(=O)CNc2cccc(C(=O)N3CCCCCC3)c2)c1. The van der Waals surface area contributed by atoms with Crippen LogP contribution in [0.3, 0.4) is 0 Å². The van der Waals surface area contributed by atoms with E-state index in [0.717, 1.165) is 44.5 Å². The van der Waals surface area contributed by atoms with E-state index in [4.69, 9.17) is 0 Å². The van der Waals surface area contributed by atoms with E-state index < -0.39 is 0 Å². The first-order chi connectivity index (χ1) is 17.0. The van der Waals surface area contributed by atoms with Crippen LogP contribution < -0.4 is 10.6 Å². The number of amides is 3. The lowest BCUT2D eigenvalue weighted by atomic mass is 10.1. The lowest BCUT2D eigenvalue weighted by molar-refractivity contribution is -0.114. The third-order valence-corrected chi connectivity index (χ3v) is 6.12. The van der Waals surface area contributed by atoms with Crippen LogP contribution >= 0.6 is 0 Å². The number of hydrogen-bond donors (Lipinski definition) is 2. The van der Waals surface area contributed by atoms with E-state index >= 15 is 0 Å². The smallest absolute Gasteiger partial charge is 0.253 e. The van der Waals surface area contributed by atoms with Crippen LogP contribution in [-0.2, 0) is 4.79 Å². The summed E-state index contributed by atoms with van der Waals surface area (Å²) in [6.45, 7) is 7.20. The van der Waals surface area contributed by atoms with Crippen LogP contribution in [0.2, 0.25) is 0 Å². The minimum atomic E-state index is -0.224. The summed E-state index contributed by atoms with van der Waals surface area (Å²) in [4.78, 5) is 42.1. The molecule has 3 amide bonds. The molecule has 1 aliphatic heterocycles. The summed E-state index contributed by atoms with van der Waals surface area (Å²) in [7, 11) is 0. The molecule has 0 aromatic heterocycles. The predicted molar refractivity (Wildman–Crippen MR) is 141 cm³/mol. The summed E-state index contributed by atoms with van der Waals surface area (Å²) in [6.07, 6.45) is 6.25. The van der Waals surface area contributed by atoms with Gasteiger partial charge in [0.25, 0.3) is 11.8 Å². The van der Waals surface area contributed by atoms with Crippen LogP contribution in [0.4, 0.5) is 11.4 Å². The van der Waals surface area contributed by atoms with Crippen molar-refractivity contribution in [2.24, 2.45) is 0 Å². The lowest BCUT2D eigenvalue weighted by Crippen LogP contribution is -2.32. The number of nitrogens with one attached hydrogen (secondary N) is 2. The van der Waals surface area contributed by atoms with Crippen LogP contribution in [-0.4, -0.2) is 60.2 Å². The van der Waals surface area contributed by atoms with Gasteiger partial charge < -0.3 is 20.4 Å². The summed E-state index contributed by atoms with van der Waals surface area (Å²) in [5, 5.41) is 5.97. The first kappa shape index (κ1) is 26.3. The Balaban J connectivity index is 1.57. The van der Waals surface area contributed by atoms with Gasteiger partial charge in [0.2, 0.25) is 5.91 Å². The Labute approximate surface area is 208 Å². The zero-order chi connectivity index (χ0) is 25.0. The van der Waals surface area contributed by atoms with Gasteiger partial charge in [-0.1, -0.05) is 38.8 Å². The number of carbonyl (C=O) groups excluding carboxylic acids is 3. The maximum absolute atomic E-state index is 12.9. The molecule has 7 nitrogen and oxygen atoms in total. The van der Waals surface area contributed by atoms with E-state index in [9.17, 15) is 14.4 Å². The highest BCUT2D eigenvalue weighted by Crippen LogP contribution is 2.17. The molecule has 188 valence electrons. The molecule has 1 aliphatic rings. The van der Waals surface area contributed by atoms with E-state index in [-0.39, 0.29) is 24.3 Å². The van der Waals surface area contributed by atoms with Crippen molar-refractivity contribution in [1.82, 2.24) is 9.80 Å². The molecule has 35 heavy (non-hydrogen) atoms. The summed E-state index contributed by atoms with van der Waals surface area (Å²) in [5.74, 6) is -0.201. The minimum absolute atomic E-state index is 0.0196. The van der Waals surface area contributed by atoms with Gasteiger partial charge in [0, 0.05) is 48.7 Å². The Morgan fingerprint density at radius 2 is 1.43 bits per heavy atom. The number of rotatable bonds is 10. The molecular formula is C28H38N4O3. The molecule has 0 atom stereocenters. The number of hydrogen-bond acceptors (Lipinski definition) is 4. The second-order valence-electron chi connectivity index (χ2n) is 9.06. The second-order valence-corrected chi connectivity index (χ2v) is 9.06. The average Bonchev–Trinajstić information content (AvgIpc) is 3.16. The van der Waals surface area contributed by atoms with Crippen molar-refractivity contribution in [3.05, 3.63) is 59.7 Å². The van der Waals surface area contributed by atoms with Gasteiger partial charge in [0.15, 0.2) is 0 Å². The van der Waals surface area contributed by atoms with Gasteiger partial charge in [-0.25, -0.2) is 0 Å². The normalized spacial score (nSPS) is 13.6. The Hall–Kier alpha value is -3.35. The van der Waals surface area contributed by atoms with Gasteiger partial charge in [-0.2, -0.15) is 0 Å². The van der Waals surface area contributed by atoms with Crippen LogP contribution in [0.25, 0.3) is 0 Å². The molecule has 1 heterocycles. The van der Waals surface area contributed by atoms with Gasteiger partial charge in [-0.05, 0) is 62.1 Å². The third-order valence-electron chi connectivity index (χ3n) is 6.12. The third kappa shape index (κ3) is 7.84. The largest absolute Gasteiger partial charge is 0.376 e. The van der Waals surface area contributed by atoms with Gasteiger partial charge in [-0.3, -0.25) is 14.4 Å². The highest BCUT2D eigenvalue weighted by atomic mass is 16.2. The molecule has 1 saturated heterocycles. The number of nitrogens with zero attached hydrogens (tertiary/aromatic N) is 2. The first-order valence-corrected chi connectivity index (χ1v) is 12.8. The zero-order valence-corrected chi connectivity index (χ0v) is 21.0. The molecule has 0 aliphatic carbocycles. The quantitative estimate of drug-likeness (QED) is 0.503. The molecule has 1 fully saturated rings. The fourth-order valence-electron chi connectivity index (χ4n) is 4.37. The maximum atomic E-state index is 12.9. The summed E-state index contributed by atoms with van der Waals surface area (Å²) < 4.78 is 0. The van der Waals surface area contributed by atoms with E-state index in [1.165, 1.54) is 12.8 Å². The minimum Gasteiger partial charge on any atom is -0.376 e. The summed E-state index contributed by atoms with van der Waals surface area (Å²) >= 11 is 0. The monoisotopic (exact) mass is 478 g/mol. The molecule has 0 saturated carbocycles. The van der Waals surface area contributed by atoms with Crippen molar-refractivity contribution in [3.63, 3.8) is 0 Å². The standard InChI is InChI=1S/C28H38N4O3/c1-3-15-31(16-4-2)27(34)23-12-10-14-25(20-23)30-26(33)21-29-24-13-9-11-22(19-24)28(35)32-17-7-5-6-8-18-32/h9-14,19-20,29H,3-8,15-18,21H2,1-2H3,(H,30,33). The van der Waals surface area contributed by atoms with E-state index in [0.29, 0.717) is 29.9 Å². The fourth-order valence-corrected chi connectivity index (χ4v) is 4.37. The van der Waals surface area contributed by atoms with Crippen molar-refractivity contribution in [2.45, 2.75) is 52.4 Å². The summed E-state index contributed by atoms with van der Waals surface area (Å²) in [5.41, 5.74) is 2.50. The van der Waals surface area contributed by atoms with Crippen LogP contribution in [0.5, 0.6) is 0 Å². The molecule has 2 aromatic carbocycles. The first-order valence-electron chi connectivity index (χ1n) is 12.8. The topological polar surface area (TPSA) is 81.8 Å². The number of likely N-dealkylation sites (tertiary alicyclic amines) is 1. The van der Waals surface area contributed by atoms with Gasteiger partial charge in [-0.15, -0.1) is 0 Å². The Morgan fingerprint density at radius 1 is 0.829 bits per heavy atom. The molecule has 2 N–H and O–H groups in total. The molecule has 0 radical (unpaired) electrons. The number of carbonyl (C=O) groups is 3. The van der Waals surface area contributed by atoms with Crippen molar-refractivity contribution < 1.29 is 14.4 Å². The van der Waals surface area contributed by atoms with Crippen molar-refractivity contribution >= 4 is 29.1 Å². The van der Waals surface area contributed by atoms with E-state index in [1.807, 2.05) is 28.0 Å². The summed E-state index contributed by atoms with van der Waals surface area (Å²) in [6, 6.07) is 14.4. The molecular weight excluding hydrogens is 440 g/mol. The van der Waals surface area contributed by atoms with Crippen LogP contribution in [0.15, 0.2) is 48.5 Å². The highest BCUT2D eigenvalue weighted by molar-refractivity contribution is 5.98. The molecule has 0 bridgehead atoms. The molecule has 0 unspecified atom stereocenters. The van der Waals surface area contributed by atoms with Gasteiger partial charge in [0.05, 0.1) is 6.54 Å². The molecule has 2 aromatic rings. The maximum Gasteiger partial charge on any atom is 0.253 e. The van der Waals surface area contributed by atoms with Gasteiger partial charge >= 0.3 is 0 Å². The molecule has 3 rings (SSSR count). The number of benzene rings is 2. The second kappa shape index (κ2) is 13.5. The van der Waals surface area contributed by atoms with Crippen LogP contribution in [0.1, 0.15) is 73.1 Å². The Kier molecular flexibility index (Phi) is 10.1. The Morgan fingerprint density at radius 3 is 2.09 bits per heavy atom. The average molecular weight is 479 g/mol.